The Hall–Kier alpha value is -3.43. The molecule has 3 aliphatic rings. The van der Waals surface area contributed by atoms with E-state index in [1.54, 1.807) is 0 Å². The number of unbranched alkanes of at least 4 members (excludes halogenated alkanes) is 1. The third-order valence-electron chi connectivity index (χ3n) is 10.1. The maximum absolute atomic E-state index is 12.5. The summed E-state index contributed by atoms with van der Waals surface area (Å²) < 4.78 is 7.92. The van der Waals surface area contributed by atoms with Crippen LogP contribution in [-0.2, 0) is 16.6 Å². The lowest BCUT2D eigenvalue weighted by Crippen LogP contribution is -2.49. The number of benzene rings is 2. The Kier molecular flexibility index (Phi) is 9.52. The van der Waals surface area contributed by atoms with E-state index in [0.717, 1.165) is 67.5 Å². The third-order valence-corrected chi connectivity index (χ3v) is 10.1. The Bertz CT molecular complexity index is 1470. The number of piperazine rings is 1. The predicted molar refractivity (Wildman–Crippen MR) is 174 cm³/mol. The van der Waals surface area contributed by atoms with Gasteiger partial charge in [-0.1, -0.05) is 12.1 Å². The van der Waals surface area contributed by atoms with E-state index >= 15 is 0 Å². The molecule has 2 amide bonds. The standard InChI is InChI=1S/C35H48N6O3/c1-25-7-6-8-32(26(25)2)44-22-5-4-15-39-16-13-27(14-17-39)24-40-18-20-41(21-19-40)28-9-10-29-31(23-28)38(3)37-34(29)30-11-12-33(42)36-35(30)43/h6-10,23,27,30H,4-5,11-22,24H2,1-3H3,(H,36,42,43). The maximum Gasteiger partial charge on any atom is 0.235 e. The number of amides is 2. The maximum atomic E-state index is 12.5. The smallest absolute Gasteiger partial charge is 0.235 e. The fourth-order valence-corrected chi connectivity index (χ4v) is 7.13. The highest BCUT2D eigenvalue weighted by molar-refractivity contribution is 6.02. The molecule has 2 aromatic carbocycles. The van der Waals surface area contributed by atoms with Gasteiger partial charge in [-0.05, 0) is 107 Å². The van der Waals surface area contributed by atoms with Gasteiger partial charge in [-0.3, -0.25) is 24.5 Å². The minimum Gasteiger partial charge on any atom is -0.493 e. The van der Waals surface area contributed by atoms with E-state index in [-0.39, 0.29) is 17.7 Å². The molecule has 236 valence electrons. The highest BCUT2D eigenvalue weighted by Gasteiger charge is 2.32. The van der Waals surface area contributed by atoms with Crippen LogP contribution in [0.15, 0.2) is 36.4 Å². The molecule has 3 aromatic rings. The lowest BCUT2D eigenvalue weighted by atomic mass is 9.93. The number of fused-ring (bicyclic) bond motifs is 1. The number of aryl methyl sites for hydroxylation is 2. The number of rotatable bonds is 10. The number of hydrogen-bond donors (Lipinski definition) is 1. The molecule has 9 heteroatoms. The summed E-state index contributed by atoms with van der Waals surface area (Å²) in [7, 11) is 1.94. The predicted octanol–water partition coefficient (Wildman–Crippen LogP) is 4.40. The van der Waals surface area contributed by atoms with E-state index in [0.29, 0.717) is 12.8 Å². The van der Waals surface area contributed by atoms with Crippen LogP contribution < -0.4 is 15.0 Å². The lowest BCUT2D eigenvalue weighted by molar-refractivity contribution is -0.134. The van der Waals surface area contributed by atoms with Crippen molar-refractivity contribution in [2.24, 2.45) is 13.0 Å². The number of nitrogens with zero attached hydrogens (tertiary/aromatic N) is 5. The van der Waals surface area contributed by atoms with Crippen molar-refractivity contribution in [1.82, 2.24) is 24.9 Å². The number of hydrogen-bond acceptors (Lipinski definition) is 7. The molecule has 1 N–H and O–H groups in total. The summed E-state index contributed by atoms with van der Waals surface area (Å²) in [6.07, 6.45) is 5.77. The van der Waals surface area contributed by atoms with Crippen molar-refractivity contribution >= 4 is 28.4 Å². The van der Waals surface area contributed by atoms with Gasteiger partial charge in [-0.15, -0.1) is 0 Å². The molecule has 1 aromatic heterocycles. The minimum atomic E-state index is -0.369. The van der Waals surface area contributed by atoms with Crippen molar-refractivity contribution in [2.75, 3.05) is 63.9 Å². The first-order chi connectivity index (χ1) is 21.4. The van der Waals surface area contributed by atoms with Gasteiger partial charge in [0.2, 0.25) is 11.8 Å². The number of nitrogens with one attached hydrogen (secondary N) is 1. The van der Waals surface area contributed by atoms with Gasteiger partial charge in [-0.25, -0.2) is 0 Å². The third kappa shape index (κ3) is 6.94. The Morgan fingerprint density at radius 3 is 2.50 bits per heavy atom. The van der Waals surface area contributed by atoms with E-state index in [1.807, 2.05) is 11.7 Å². The van der Waals surface area contributed by atoms with E-state index in [1.165, 1.54) is 62.3 Å². The number of anilines is 1. The van der Waals surface area contributed by atoms with Gasteiger partial charge in [-0.2, -0.15) is 5.10 Å². The number of imide groups is 1. The van der Waals surface area contributed by atoms with Crippen LogP contribution in [0.5, 0.6) is 5.75 Å². The number of aromatic nitrogens is 2. The zero-order chi connectivity index (χ0) is 30.6. The van der Waals surface area contributed by atoms with Crippen LogP contribution in [0, 0.1) is 19.8 Å². The molecule has 3 aliphatic heterocycles. The van der Waals surface area contributed by atoms with Crippen LogP contribution in [0.25, 0.3) is 10.9 Å². The molecule has 4 heterocycles. The molecular weight excluding hydrogens is 552 g/mol. The van der Waals surface area contributed by atoms with Crippen LogP contribution in [-0.4, -0.2) is 90.4 Å². The molecule has 0 saturated carbocycles. The first-order valence-electron chi connectivity index (χ1n) is 16.5. The van der Waals surface area contributed by atoms with Crippen molar-refractivity contribution in [2.45, 2.75) is 58.3 Å². The average molecular weight is 601 g/mol. The quantitative estimate of drug-likeness (QED) is 0.273. The molecule has 1 atom stereocenters. The second kappa shape index (κ2) is 13.7. The van der Waals surface area contributed by atoms with E-state index in [4.69, 9.17) is 9.84 Å². The molecule has 0 aliphatic carbocycles. The average Bonchev–Trinajstić information content (AvgIpc) is 3.35. The minimum absolute atomic E-state index is 0.194. The van der Waals surface area contributed by atoms with Gasteiger partial charge in [0.1, 0.15) is 5.75 Å². The number of ether oxygens (including phenoxy) is 1. The Balaban J connectivity index is 0.914. The van der Waals surface area contributed by atoms with Gasteiger partial charge in [0.05, 0.1) is 23.7 Å². The lowest BCUT2D eigenvalue weighted by Gasteiger charge is -2.39. The molecule has 44 heavy (non-hydrogen) atoms. The molecule has 3 saturated heterocycles. The topological polar surface area (TPSA) is 82.9 Å². The van der Waals surface area contributed by atoms with Gasteiger partial charge in [0.15, 0.2) is 0 Å². The van der Waals surface area contributed by atoms with Gasteiger partial charge >= 0.3 is 0 Å². The molecule has 1 unspecified atom stereocenters. The largest absolute Gasteiger partial charge is 0.493 e. The summed E-state index contributed by atoms with van der Waals surface area (Å²) in [5.41, 5.74) is 5.56. The second-order valence-electron chi connectivity index (χ2n) is 13.0. The van der Waals surface area contributed by atoms with Crippen LogP contribution >= 0.6 is 0 Å². The number of carbonyl (C=O) groups excluding carboxylic acids is 2. The van der Waals surface area contributed by atoms with Crippen LogP contribution in [0.3, 0.4) is 0 Å². The fraction of sp³-hybridized carbons (Fsp3) is 0.571. The van der Waals surface area contributed by atoms with Crippen molar-refractivity contribution < 1.29 is 14.3 Å². The SMILES string of the molecule is Cc1cccc(OCCCCN2CCC(CN3CCN(c4ccc5c(C6CCC(=O)NC6=O)nn(C)c5c4)CC3)CC2)c1C. The summed E-state index contributed by atoms with van der Waals surface area (Å²) >= 11 is 0. The van der Waals surface area contributed by atoms with Crippen molar-refractivity contribution in [3.8, 4) is 5.75 Å². The zero-order valence-electron chi connectivity index (χ0n) is 26.7. The normalized spacial score (nSPS) is 20.8. The molecule has 9 nitrogen and oxygen atoms in total. The van der Waals surface area contributed by atoms with Crippen LogP contribution in [0.1, 0.15) is 61.3 Å². The number of carbonyl (C=O) groups is 2. The number of likely N-dealkylation sites (tertiary alicyclic amines) is 1. The molecule has 3 fully saturated rings. The number of piperidine rings is 2. The summed E-state index contributed by atoms with van der Waals surface area (Å²) in [6, 6.07) is 12.8. The van der Waals surface area contributed by atoms with E-state index in [9.17, 15) is 9.59 Å². The van der Waals surface area contributed by atoms with Crippen molar-refractivity contribution in [1.29, 1.82) is 0 Å². The van der Waals surface area contributed by atoms with E-state index < -0.39 is 0 Å². The van der Waals surface area contributed by atoms with Gasteiger partial charge in [0.25, 0.3) is 0 Å². The first-order valence-corrected chi connectivity index (χ1v) is 16.5. The highest BCUT2D eigenvalue weighted by Crippen LogP contribution is 2.32. The summed E-state index contributed by atoms with van der Waals surface area (Å²) in [4.78, 5) is 31.9. The Morgan fingerprint density at radius 2 is 1.73 bits per heavy atom. The van der Waals surface area contributed by atoms with Crippen molar-refractivity contribution in [3.05, 3.63) is 53.2 Å². The van der Waals surface area contributed by atoms with Gasteiger partial charge in [0, 0.05) is 57.3 Å². The molecular formula is C35H48N6O3. The molecule has 6 rings (SSSR count). The Labute approximate surface area is 261 Å². The zero-order valence-corrected chi connectivity index (χ0v) is 26.7. The van der Waals surface area contributed by atoms with Crippen molar-refractivity contribution in [3.63, 3.8) is 0 Å². The molecule has 0 bridgehead atoms. The fourth-order valence-electron chi connectivity index (χ4n) is 7.13. The Morgan fingerprint density at radius 1 is 0.932 bits per heavy atom. The highest BCUT2D eigenvalue weighted by atomic mass is 16.5. The van der Waals surface area contributed by atoms with Crippen LogP contribution in [0.2, 0.25) is 0 Å². The first kappa shape index (κ1) is 30.6. The van der Waals surface area contributed by atoms with E-state index in [2.05, 4.69) is 70.3 Å². The monoisotopic (exact) mass is 600 g/mol. The summed E-state index contributed by atoms with van der Waals surface area (Å²) in [5.74, 6) is 1.02. The molecule has 0 radical (unpaired) electrons. The molecule has 0 spiro atoms. The van der Waals surface area contributed by atoms with Gasteiger partial charge < -0.3 is 14.5 Å². The summed E-state index contributed by atoms with van der Waals surface area (Å²) in [6.45, 7) is 14.1. The van der Waals surface area contributed by atoms with Crippen LogP contribution in [0.4, 0.5) is 5.69 Å². The second-order valence-corrected chi connectivity index (χ2v) is 13.0. The summed E-state index contributed by atoms with van der Waals surface area (Å²) in [5, 5.41) is 8.18.